The minimum atomic E-state index is -1.87. The van der Waals surface area contributed by atoms with Gasteiger partial charge in [0.2, 0.25) is 0 Å². The van der Waals surface area contributed by atoms with E-state index in [1.165, 1.54) is 0 Å². The van der Waals surface area contributed by atoms with Crippen molar-refractivity contribution >= 4 is 97.4 Å². The van der Waals surface area contributed by atoms with E-state index in [9.17, 15) is 40.9 Å². The molecule has 0 spiro atoms. The summed E-state index contributed by atoms with van der Waals surface area (Å²) >= 11 is 0. The molecule has 0 saturated heterocycles. The third kappa shape index (κ3) is 29.1. The van der Waals surface area contributed by atoms with Gasteiger partial charge in [0.15, 0.2) is 0 Å². The summed E-state index contributed by atoms with van der Waals surface area (Å²) < 4.78 is 0. The fourth-order valence-electron chi connectivity index (χ4n) is 15.4. The molecule has 0 saturated carbocycles. The standard InChI is InChI=1S/C110H112N8O8P2/c119-73-97(49-81-27-9-1-10-28-81)111-65-89-45-90(66-112-98(74-120)50-82-29-11-2-12-30-82)58-105(57-89)127(106-59-91(67-113-99(75-121)51-83-31-13-3-14-32-83)46-92(60-106)68-114-100(76-122)52-84-33-15-4-16-34-84)109-43-25-26-44-110(109)128(107-61-93(69-115-101(77-123)53-85-35-17-5-18-36-85)47-94(62-107)70-116-102(78-124)54-86-37-19-6-20-38-86)108-63-95(71-117-103(79-125)55-87-39-21-7-22-40-87)48-96(64-108)72-118-104(80-126)56-88-41-23-8-24-42-88/h1-48,57-72,97-104,119-126H,49-56,73-80H2/t97-,98-,99-,100-,101-,102-,103-,104-,127?,128?/m1/s1. The molecule has 0 heterocycles. The maximum absolute atomic E-state index is 11.2. The Morgan fingerprint density at radius 1 is 0.172 bits per heavy atom. The second-order valence-electron chi connectivity index (χ2n) is 32.0. The van der Waals surface area contributed by atoms with Crippen molar-refractivity contribution in [3.05, 3.63) is 429 Å². The lowest BCUT2D eigenvalue weighted by Crippen LogP contribution is -2.35. The van der Waals surface area contributed by atoms with E-state index in [-0.39, 0.29) is 52.9 Å². The third-order valence-electron chi connectivity index (χ3n) is 21.9. The molecule has 0 aliphatic rings. The summed E-state index contributed by atoms with van der Waals surface area (Å²) in [7, 11) is -3.73. The summed E-state index contributed by atoms with van der Waals surface area (Å²) in [5, 5.41) is 94.9. The van der Waals surface area contributed by atoms with Crippen LogP contribution in [0.15, 0.2) is 380 Å². The maximum atomic E-state index is 11.2. The highest BCUT2D eigenvalue weighted by atomic mass is 31.1. The zero-order chi connectivity index (χ0) is 88.7. The lowest BCUT2D eigenvalue weighted by atomic mass is 10.1. The van der Waals surface area contributed by atoms with Crippen molar-refractivity contribution in [2.24, 2.45) is 39.9 Å². The molecule has 0 aliphatic carbocycles. The van der Waals surface area contributed by atoms with E-state index in [0.717, 1.165) is 121 Å². The van der Waals surface area contributed by atoms with Gasteiger partial charge < -0.3 is 40.9 Å². The van der Waals surface area contributed by atoms with Crippen molar-refractivity contribution in [1.29, 1.82) is 0 Å². The number of rotatable bonds is 46. The highest BCUT2D eigenvalue weighted by Crippen LogP contribution is 2.41. The summed E-state index contributed by atoms with van der Waals surface area (Å²) in [5.74, 6) is 0. The molecule has 0 fully saturated rings. The van der Waals surface area contributed by atoms with Gasteiger partial charge in [0.1, 0.15) is 0 Å². The van der Waals surface area contributed by atoms with E-state index in [1.807, 2.05) is 317 Å². The van der Waals surface area contributed by atoms with Crippen molar-refractivity contribution in [2.45, 2.75) is 99.7 Å². The average molecular weight is 1740 g/mol. The predicted octanol–water partition coefficient (Wildman–Crippen LogP) is 13.4. The molecule has 650 valence electrons. The molecule has 0 unspecified atom stereocenters. The first-order valence-corrected chi connectivity index (χ1v) is 46.4. The molecule has 0 radical (unpaired) electrons. The number of hydrogen-bond acceptors (Lipinski definition) is 16. The minimum Gasteiger partial charge on any atom is -0.394 e. The van der Waals surface area contributed by atoms with E-state index in [0.29, 0.717) is 51.4 Å². The van der Waals surface area contributed by atoms with Gasteiger partial charge in [0.05, 0.1) is 101 Å². The van der Waals surface area contributed by atoms with Crippen LogP contribution in [-0.4, -0.2) is 192 Å². The van der Waals surface area contributed by atoms with Crippen molar-refractivity contribution in [2.75, 3.05) is 52.9 Å². The summed E-state index contributed by atoms with van der Waals surface area (Å²) in [4.78, 5) is 41.5. The molecular formula is C110H112N8O8P2. The average Bonchev–Trinajstić information content (AvgIpc) is 0.757. The molecule has 13 rings (SSSR count). The fourth-order valence-corrected chi connectivity index (χ4v) is 21.0. The van der Waals surface area contributed by atoms with Crippen LogP contribution in [0.4, 0.5) is 0 Å². The molecule has 0 bridgehead atoms. The van der Waals surface area contributed by atoms with Crippen LogP contribution in [0.1, 0.15) is 89.0 Å². The monoisotopic (exact) mass is 1730 g/mol. The van der Waals surface area contributed by atoms with Gasteiger partial charge in [-0.1, -0.05) is 267 Å². The van der Waals surface area contributed by atoms with E-state index in [1.54, 1.807) is 0 Å². The van der Waals surface area contributed by atoms with Crippen LogP contribution in [0, 0.1) is 0 Å². The van der Waals surface area contributed by atoms with Crippen molar-refractivity contribution in [3.8, 4) is 0 Å². The number of benzene rings is 13. The molecule has 0 amide bonds. The molecule has 128 heavy (non-hydrogen) atoms. The summed E-state index contributed by atoms with van der Waals surface area (Å²) in [6.07, 6.45) is 18.5. The molecule has 0 aromatic heterocycles. The largest absolute Gasteiger partial charge is 0.394 e. The van der Waals surface area contributed by atoms with Crippen LogP contribution in [0.5, 0.6) is 0 Å². The Morgan fingerprint density at radius 3 is 0.422 bits per heavy atom. The number of hydrogen-bond donors (Lipinski definition) is 8. The number of aliphatic imine (C=N–C) groups is 8. The van der Waals surface area contributed by atoms with Gasteiger partial charge in [-0.2, -0.15) is 0 Å². The Kier molecular flexibility index (Phi) is 36.7. The van der Waals surface area contributed by atoms with Crippen LogP contribution in [0.25, 0.3) is 0 Å². The normalized spacial score (nSPS) is 14.5. The van der Waals surface area contributed by atoms with Crippen LogP contribution >= 0.6 is 15.8 Å². The summed E-state index contributed by atoms with van der Waals surface area (Å²) in [6, 6.07) is 110. The molecule has 16 nitrogen and oxygen atoms in total. The Labute approximate surface area is 754 Å². The zero-order valence-electron chi connectivity index (χ0n) is 71.9. The molecule has 18 heteroatoms. The predicted molar refractivity (Wildman–Crippen MR) is 533 cm³/mol. The molecule has 8 N–H and O–H groups in total. The number of aliphatic hydroxyl groups is 8. The van der Waals surface area contributed by atoms with Crippen molar-refractivity contribution in [1.82, 2.24) is 0 Å². The molecule has 13 aromatic rings. The second-order valence-corrected chi connectivity index (χ2v) is 36.4. The topological polar surface area (TPSA) is 261 Å². The van der Waals surface area contributed by atoms with Crippen molar-refractivity contribution in [3.63, 3.8) is 0 Å². The first-order chi connectivity index (χ1) is 63.0. The van der Waals surface area contributed by atoms with E-state index in [4.69, 9.17) is 39.9 Å². The Hall–Kier alpha value is -12.2. The van der Waals surface area contributed by atoms with E-state index >= 15 is 0 Å². The van der Waals surface area contributed by atoms with Gasteiger partial charge in [-0.3, -0.25) is 39.9 Å². The van der Waals surface area contributed by atoms with Crippen LogP contribution in [0.3, 0.4) is 0 Å². The van der Waals surface area contributed by atoms with Gasteiger partial charge in [-0.25, -0.2) is 0 Å². The van der Waals surface area contributed by atoms with Gasteiger partial charge in [0.25, 0.3) is 0 Å². The van der Waals surface area contributed by atoms with E-state index < -0.39 is 64.2 Å². The Bertz CT molecular complexity index is 4800. The third-order valence-corrected chi connectivity index (χ3v) is 26.9. The quantitative estimate of drug-likeness (QED) is 0.0134. The van der Waals surface area contributed by atoms with Gasteiger partial charge in [0, 0.05) is 49.7 Å². The fraction of sp³-hybridized carbons (Fsp3) is 0.218. The lowest BCUT2D eigenvalue weighted by molar-refractivity contribution is 0.266. The van der Waals surface area contributed by atoms with Gasteiger partial charge in [-0.15, -0.1) is 0 Å². The highest BCUT2D eigenvalue weighted by Gasteiger charge is 2.29. The summed E-state index contributed by atoms with van der Waals surface area (Å²) in [5.41, 5.74) is 13.9. The van der Waals surface area contributed by atoms with E-state index in [2.05, 4.69) is 72.8 Å². The highest BCUT2D eigenvalue weighted by molar-refractivity contribution is 7.85. The lowest BCUT2D eigenvalue weighted by Gasteiger charge is -2.29. The number of aliphatic hydroxyl groups excluding tert-OH is 8. The smallest absolute Gasteiger partial charge is 0.0770 e. The Balaban J connectivity index is 1.10. The Morgan fingerprint density at radius 2 is 0.297 bits per heavy atom. The molecule has 8 atom stereocenters. The van der Waals surface area contributed by atoms with Crippen LogP contribution < -0.4 is 31.8 Å². The van der Waals surface area contributed by atoms with Gasteiger partial charge >= 0.3 is 0 Å². The SMILES string of the molecule is OC[C@@H](Cc1ccccc1)N=Cc1cc(C=N[C@@H](CO)Cc2ccccc2)cc(P(c2cc(C=N[C@@H](CO)Cc3ccccc3)cc(C=N[C@@H](CO)Cc3ccccc3)c2)c2ccccc2P(c2cc(C=N[C@@H](CO)Cc3ccccc3)cc(C=N[C@@H](CO)Cc3ccccc3)c2)c2cc(C=N[C@@H](CO)Cc3ccccc3)cc(C=N[C@@H](CO)Cc3ccccc3)c2)c1. The zero-order valence-corrected chi connectivity index (χ0v) is 73.7. The second kappa shape index (κ2) is 50.3. The van der Waals surface area contributed by atoms with Crippen molar-refractivity contribution < 1.29 is 40.9 Å². The number of nitrogens with zero attached hydrogens (tertiary/aromatic N) is 8. The summed E-state index contributed by atoms with van der Waals surface area (Å²) in [6.45, 7) is -1.76. The molecule has 0 aliphatic heterocycles. The van der Waals surface area contributed by atoms with Crippen LogP contribution in [0.2, 0.25) is 0 Å². The first kappa shape index (κ1) is 93.4. The molecular weight excluding hydrogens is 1620 g/mol. The van der Waals surface area contributed by atoms with Crippen LogP contribution in [-0.2, 0) is 51.4 Å². The first-order valence-electron chi connectivity index (χ1n) is 43.7. The minimum absolute atomic E-state index is 0.220. The maximum Gasteiger partial charge on any atom is 0.0770 e. The van der Waals surface area contributed by atoms with Gasteiger partial charge in [-0.05, 0) is 261 Å². The molecule has 13 aromatic carbocycles.